The average Bonchev–Trinajstić information content (AvgIpc) is 2.87. The van der Waals surface area contributed by atoms with E-state index in [0.717, 1.165) is 17.7 Å². The molecule has 1 heterocycles. The highest BCUT2D eigenvalue weighted by Gasteiger charge is 2.30. The Hall–Kier alpha value is -2.50. The quantitative estimate of drug-likeness (QED) is 0.887. The molecule has 2 rings (SSSR count). The second kappa shape index (κ2) is 6.98. The van der Waals surface area contributed by atoms with Crippen molar-refractivity contribution in [1.29, 1.82) is 10.5 Å². The summed E-state index contributed by atoms with van der Waals surface area (Å²) in [6.45, 7) is 2.00. The van der Waals surface area contributed by atoms with Crippen molar-refractivity contribution < 1.29 is 0 Å². The molecule has 0 spiro atoms. The van der Waals surface area contributed by atoms with Crippen molar-refractivity contribution >= 4 is 11.6 Å². The summed E-state index contributed by atoms with van der Waals surface area (Å²) in [5.41, 5.74) is 1.62. The van der Waals surface area contributed by atoms with Crippen LogP contribution in [0.15, 0.2) is 29.1 Å². The second-order valence-corrected chi connectivity index (χ2v) is 5.42. The van der Waals surface area contributed by atoms with Crippen LogP contribution in [-0.2, 0) is 6.42 Å². The Morgan fingerprint density at radius 1 is 1.18 bits per heavy atom. The average molecular weight is 315 g/mol. The molecule has 0 aliphatic rings. The molecule has 0 unspecified atom stereocenters. The molecule has 0 aliphatic heterocycles. The number of rotatable bonds is 5. The van der Waals surface area contributed by atoms with Crippen molar-refractivity contribution in [2.24, 2.45) is 5.92 Å². The molecule has 22 heavy (non-hydrogen) atoms. The van der Waals surface area contributed by atoms with E-state index >= 15 is 0 Å². The molecule has 112 valence electrons. The molecule has 1 aromatic carbocycles. The minimum absolute atomic E-state index is 0.293. The van der Waals surface area contributed by atoms with Gasteiger partial charge in [0.25, 0.3) is 5.56 Å². The van der Waals surface area contributed by atoms with Gasteiger partial charge in [-0.3, -0.25) is 9.89 Å². The topological polar surface area (TPSA) is 96.2 Å². The highest BCUT2D eigenvalue weighted by atomic mass is 35.5. The molecule has 6 heteroatoms. The third kappa shape index (κ3) is 3.05. The summed E-state index contributed by atoms with van der Waals surface area (Å²) < 4.78 is 0. The lowest BCUT2D eigenvalue weighted by atomic mass is 9.81. The molecule has 1 atom stereocenters. The number of aryl methyl sites for hydroxylation is 1. The van der Waals surface area contributed by atoms with Crippen LogP contribution in [0.5, 0.6) is 0 Å². The van der Waals surface area contributed by atoms with Gasteiger partial charge in [0.2, 0.25) is 0 Å². The number of aromatic nitrogens is 2. The second-order valence-electron chi connectivity index (χ2n) is 4.99. The molecule has 0 bridgehead atoms. The smallest absolute Gasteiger partial charge is 0.268 e. The van der Waals surface area contributed by atoms with Crippen LogP contribution >= 0.6 is 11.6 Å². The summed E-state index contributed by atoms with van der Waals surface area (Å²) in [6, 6.07) is 10.9. The summed E-state index contributed by atoms with van der Waals surface area (Å²) >= 11 is 5.90. The molecule has 0 aliphatic carbocycles. The molecule has 0 saturated heterocycles. The molecule has 0 amide bonds. The van der Waals surface area contributed by atoms with Crippen LogP contribution in [0.3, 0.4) is 0 Å². The molecule has 1 aromatic heterocycles. The molecular weight excluding hydrogens is 300 g/mol. The predicted molar refractivity (Wildman–Crippen MR) is 83.4 cm³/mol. The molecule has 2 N–H and O–H groups in total. The molecular formula is C16H15ClN4O. The number of nitrogens with zero attached hydrogens (tertiary/aromatic N) is 2. The van der Waals surface area contributed by atoms with Gasteiger partial charge < -0.3 is 5.10 Å². The van der Waals surface area contributed by atoms with Crippen LogP contribution in [-0.4, -0.2) is 10.2 Å². The zero-order valence-electron chi connectivity index (χ0n) is 12.1. The van der Waals surface area contributed by atoms with Gasteiger partial charge in [-0.25, -0.2) is 0 Å². The molecule has 2 aromatic rings. The van der Waals surface area contributed by atoms with Crippen LogP contribution in [0, 0.1) is 28.6 Å². The number of nitriles is 2. The minimum Gasteiger partial charge on any atom is -0.302 e. The highest BCUT2D eigenvalue weighted by molar-refractivity contribution is 6.30. The van der Waals surface area contributed by atoms with Crippen molar-refractivity contribution in [1.82, 2.24) is 10.2 Å². The highest BCUT2D eigenvalue weighted by Crippen LogP contribution is 2.32. The predicted octanol–water partition coefficient (Wildman–Crippen LogP) is 3.10. The number of hydrogen-bond acceptors (Lipinski definition) is 3. The third-order valence-electron chi connectivity index (χ3n) is 3.55. The van der Waals surface area contributed by atoms with Gasteiger partial charge in [0.1, 0.15) is 5.92 Å². The molecule has 0 saturated carbocycles. The van der Waals surface area contributed by atoms with Gasteiger partial charge in [-0.1, -0.05) is 37.1 Å². The number of aromatic amines is 2. The first-order chi connectivity index (χ1) is 10.6. The largest absolute Gasteiger partial charge is 0.302 e. The van der Waals surface area contributed by atoms with Crippen molar-refractivity contribution in [3.05, 3.63) is 56.5 Å². The number of H-pyrrole nitrogens is 2. The standard InChI is InChI=1S/C16H15ClN4O/c1-2-3-13-15(16(22)21-20-13)14(11(8-18)9-19)10-4-6-12(17)7-5-10/h4-7,11,14H,2-3H2,1H3,(H2,20,21,22)/t14-/m1/s1. The molecule has 0 fully saturated rings. The van der Waals surface area contributed by atoms with Crippen molar-refractivity contribution in [3.63, 3.8) is 0 Å². The molecule has 0 radical (unpaired) electrons. The van der Waals surface area contributed by atoms with Gasteiger partial charge in [-0.15, -0.1) is 0 Å². The first-order valence-corrected chi connectivity index (χ1v) is 7.34. The Morgan fingerprint density at radius 3 is 2.36 bits per heavy atom. The van der Waals surface area contributed by atoms with Gasteiger partial charge in [0, 0.05) is 22.2 Å². The van der Waals surface area contributed by atoms with Crippen molar-refractivity contribution in [3.8, 4) is 12.1 Å². The summed E-state index contributed by atoms with van der Waals surface area (Å²) in [6.07, 6.45) is 1.51. The lowest BCUT2D eigenvalue weighted by Gasteiger charge is -2.17. The van der Waals surface area contributed by atoms with E-state index in [0.29, 0.717) is 17.0 Å². The maximum Gasteiger partial charge on any atom is 0.268 e. The van der Waals surface area contributed by atoms with E-state index in [1.807, 2.05) is 19.1 Å². The number of hydrogen-bond donors (Lipinski definition) is 2. The first-order valence-electron chi connectivity index (χ1n) is 6.96. The van der Waals surface area contributed by atoms with Gasteiger partial charge in [-0.2, -0.15) is 10.5 Å². The van der Waals surface area contributed by atoms with E-state index < -0.39 is 11.8 Å². The van der Waals surface area contributed by atoms with E-state index in [4.69, 9.17) is 11.6 Å². The Morgan fingerprint density at radius 2 is 1.82 bits per heavy atom. The number of benzene rings is 1. The maximum absolute atomic E-state index is 12.2. The number of nitrogens with one attached hydrogen (secondary N) is 2. The summed E-state index contributed by atoms with van der Waals surface area (Å²) in [4.78, 5) is 12.2. The van der Waals surface area contributed by atoms with Crippen LogP contribution in [0.1, 0.15) is 36.1 Å². The SMILES string of the molecule is CCCc1[nH][nH]c(=O)c1[C@H](c1ccc(Cl)cc1)C(C#N)C#N. The molecule has 5 nitrogen and oxygen atoms in total. The van der Waals surface area contributed by atoms with E-state index in [2.05, 4.69) is 10.2 Å². The van der Waals surface area contributed by atoms with Gasteiger partial charge in [0.15, 0.2) is 0 Å². The lowest BCUT2D eigenvalue weighted by molar-refractivity contribution is 0.692. The van der Waals surface area contributed by atoms with E-state index in [-0.39, 0.29) is 5.56 Å². The van der Waals surface area contributed by atoms with Gasteiger partial charge in [0.05, 0.1) is 12.1 Å². The normalized spacial score (nSPS) is 11.9. The lowest BCUT2D eigenvalue weighted by Crippen LogP contribution is -2.20. The zero-order valence-corrected chi connectivity index (χ0v) is 12.8. The van der Waals surface area contributed by atoms with Crippen LogP contribution in [0.4, 0.5) is 0 Å². The van der Waals surface area contributed by atoms with Crippen LogP contribution in [0.2, 0.25) is 5.02 Å². The fourth-order valence-corrected chi connectivity index (χ4v) is 2.68. The first kappa shape index (κ1) is 15.9. The van der Waals surface area contributed by atoms with Crippen molar-refractivity contribution in [2.45, 2.75) is 25.7 Å². The Labute approximate surface area is 133 Å². The van der Waals surface area contributed by atoms with E-state index in [1.165, 1.54) is 0 Å². The monoisotopic (exact) mass is 314 g/mol. The van der Waals surface area contributed by atoms with Crippen LogP contribution in [0.25, 0.3) is 0 Å². The van der Waals surface area contributed by atoms with Crippen molar-refractivity contribution in [2.75, 3.05) is 0 Å². The maximum atomic E-state index is 12.2. The summed E-state index contributed by atoms with van der Waals surface area (Å²) in [5.74, 6) is -1.56. The Balaban J connectivity index is 2.62. The minimum atomic E-state index is -0.950. The van der Waals surface area contributed by atoms with E-state index in [9.17, 15) is 15.3 Å². The van der Waals surface area contributed by atoms with Gasteiger partial charge >= 0.3 is 0 Å². The fraction of sp³-hybridized carbons (Fsp3) is 0.312. The van der Waals surface area contributed by atoms with Gasteiger partial charge in [-0.05, 0) is 24.1 Å². The summed E-state index contributed by atoms with van der Waals surface area (Å²) in [7, 11) is 0. The number of halogens is 1. The zero-order chi connectivity index (χ0) is 16.1. The Bertz CT molecular complexity index is 762. The van der Waals surface area contributed by atoms with Crippen LogP contribution < -0.4 is 5.56 Å². The third-order valence-corrected chi connectivity index (χ3v) is 3.80. The van der Waals surface area contributed by atoms with E-state index in [1.54, 1.807) is 24.3 Å². The fourth-order valence-electron chi connectivity index (χ4n) is 2.55. The summed E-state index contributed by atoms with van der Waals surface area (Å²) in [5, 5.41) is 24.6. The Kier molecular flexibility index (Phi) is 5.04.